The number of aliphatic hydroxyl groups excluding tert-OH is 3. The molecule has 1 heterocycles. The van der Waals surface area contributed by atoms with Gasteiger partial charge in [0.05, 0.1) is 12.7 Å². The van der Waals surface area contributed by atoms with Crippen LogP contribution in [0.15, 0.2) is 0 Å². The summed E-state index contributed by atoms with van der Waals surface area (Å²) in [6.45, 7) is 2.13. The van der Waals surface area contributed by atoms with Crippen LogP contribution in [0.25, 0.3) is 0 Å². The Kier molecular flexibility index (Phi) is 4.24. The van der Waals surface area contributed by atoms with Crippen LogP contribution in [0, 0.1) is 0 Å². The molecule has 0 spiro atoms. The third-order valence-electron chi connectivity index (χ3n) is 2.21. The van der Waals surface area contributed by atoms with E-state index in [1.165, 1.54) is 0 Å². The van der Waals surface area contributed by atoms with Crippen molar-refractivity contribution in [2.24, 2.45) is 5.73 Å². The highest BCUT2D eigenvalue weighted by atomic mass is 16.7. The molecule has 1 saturated heterocycles. The molecule has 1 fully saturated rings. The first-order chi connectivity index (χ1) is 6.57. The molecular weight excluding hydrogens is 190 g/mol. The van der Waals surface area contributed by atoms with Crippen molar-refractivity contribution in [3.63, 3.8) is 0 Å². The fourth-order valence-corrected chi connectivity index (χ4v) is 1.34. The highest BCUT2D eigenvalue weighted by Crippen LogP contribution is 2.21. The Morgan fingerprint density at radius 1 is 1.21 bits per heavy atom. The summed E-state index contributed by atoms with van der Waals surface area (Å²) in [5.74, 6) is 0. The van der Waals surface area contributed by atoms with E-state index in [2.05, 4.69) is 0 Å². The van der Waals surface area contributed by atoms with Crippen molar-refractivity contribution >= 4 is 0 Å². The van der Waals surface area contributed by atoms with Crippen molar-refractivity contribution in [1.29, 1.82) is 0 Å². The predicted octanol–water partition coefficient (Wildman–Crippen LogP) is -2.21. The molecule has 6 heteroatoms. The van der Waals surface area contributed by atoms with Gasteiger partial charge in [0.2, 0.25) is 0 Å². The molecule has 0 aliphatic carbocycles. The van der Waals surface area contributed by atoms with Crippen LogP contribution in [-0.4, -0.2) is 59.2 Å². The van der Waals surface area contributed by atoms with Crippen LogP contribution in [0.3, 0.4) is 0 Å². The van der Waals surface area contributed by atoms with Gasteiger partial charge < -0.3 is 30.5 Å². The Hall–Kier alpha value is -0.240. The summed E-state index contributed by atoms with van der Waals surface area (Å²) in [6.07, 6.45) is -5.08. The Balaban J connectivity index is 2.52. The number of hydrogen-bond donors (Lipinski definition) is 4. The summed E-state index contributed by atoms with van der Waals surface area (Å²) in [6, 6.07) is 0. The second-order valence-electron chi connectivity index (χ2n) is 3.34. The molecule has 0 amide bonds. The summed E-state index contributed by atoms with van der Waals surface area (Å²) in [5, 5.41) is 28.2. The van der Waals surface area contributed by atoms with Crippen molar-refractivity contribution in [3.8, 4) is 0 Å². The van der Waals surface area contributed by atoms with Crippen LogP contribution in [0.2, 0.25) is 0 Å². The van der Waals surface area contributed by atoms with Gasteiger partial charge in [-0.1, -0.05) is 0 Å². The van der Waals surface area contributed by atoms with Gasteiger partial charge in [0, 0.05) is 6.54 Å². The molecule has 0 saturated carbocycles. The lowest BCUT2D eigenvalue weighted by Crippen LogP contribution is -2.57. The predicted molar refractivity (Wildman–Crippen MR) is 47.4 cm³/mol. The van der Waals surface area contributed by atoms with Gasteiger partial charge in [-0.15, -0.1) is 0 Å². The van der Waals surface area contributed by atoms with E-state index in [0.717, 1.165) is 0 Å². The molecule has 14 heavy (non-hydrogen) atoms. The van der Waals surface area contributed by atoms with E-state index >= 15 is 0 Å². The maximum Gasteiger partial charge on any atom is 0.186 e. The monoisotopic (exact) mass is 207 g/mol. The van der Waals surface area contributed by atoms with Crippen LogP contribution in [-0.2, 0) is 9.47 Å². The molecule has 6 nitrogen and oxygen atoms in total. The lowest BCUT2D eigenvalue weighted by Gasteiger charge is -2.38. The lowest BCUT2D eigenvalue weighted by molar-refractivity contribution is -0.292. The van der Waals surface area contributed by atoms with E-state index in [1.54, 1.807) is 6.92 Å². The van der Waals surface area contributed by atoms with Crippen LogP contribution in [0.5, 0.6) is 0 Å². The molecule has 5 N–H and O–H groups in total. The van der Waals surface area contributed by atoms with Crippen molar-refractivity contribution < 1.29 is 24.8 Å². The summed E-state index contributed by atoms with van der Waals surface area (Å²) in [5.41, 5.74) is 5.21. The van der Waals surface area contributed by atoms with Crippen molar-refractivity contribution in [1.82, 2.24) is 0 Å². The molecular formula is C8H17NO5. The van der Waals surface area contributed by atoms with Crippen LogP contribution < -0.4 is 5.73 Å². The minimum atomic E-state index is -1.25. The molecule has 0 unspecified atom stereocenters. The Morgan fingerprint density at radius 2 is 1.86 bits per heavy atom. The van der Waals surface area contributed by atoms with Crippen molar-refractivity contribution in [2.75, 3.05) is 13.2 Å². The number of aliphatic hydroxyl groups is 3. The highest BCUT2D eigenvalue weighted by Gasteiger charge is 2.42. The molecule has 5 atom stereocenters. The third-order valence-corrected chi connectivity index (χ3v) is 2.21. The Bertz CT molecular complexity index is 179. The van der Waals surface area contributed by atoms with Crippen LogP contribution in [0.1, 0.15) is 6.92 Å². The molecule has 1 rings (SSSR count). The smallest absolute Gasteiger partial charge is 0.186 e. The lowest BCUT2D eigenvalue weighted by atomic mass is 10.0. The number of ether oxygens (including phenoxy) is 2. The largest absolute Gasteiger partial charge is 0.388 e. The number of nitrogens with two attached hydrogens (primary N) is 1. The molecule has 84 valence electrons. The van der Waals surface area contributed by atoms with Crippen LogP contribution >= 0.6 is 0 Å². The van der Waals surface area contributed by atoms with E-state index in [1.807, 2.05) is 0 Å². The average molecular weight is 207 g/mol. The van der Waals surface area contributed by atoms with Gasteiger partial charge in [0.25, 0.3) is 0 Å². The van der Waals surface area contributed by atoms with E-state index < -0.39 is 30.7 Å². The van der Waals surface area contributed by atoms with E-state index in [-0.39, 0.29) is 6.61 Å². The highest BCUT2D eigenvalue weighted by molar-refractivity contribution is 4.87. The molecule has 0 aromatic rings. The van der Waals surface area contributed by atoms with Gasteiger partial charge in [-0.3, -0.25) is 0 Å². The maximum absolute atomic E-state index is 9.45. The van der Waals surface area contributed by atoms with Gasteiger partial charge >= 0.3 is 0 Å². The summed E-state index contributed by atoms with van der Waals surface area (Å²) < 4.78 is 10.2. The maximum atomic E-state index is 9.45. The fraction of sp³-hybridized carbons (Fsp3) is 1.00. The second kappa shape index (κ2) is 5.01. The molecule has 0 bridgehead atoms. The Labute approximate surface area is 82.2 Å². The molecule has 1 aliphatic heterocycles. The Morgan fingerprint density at radius 3 is 2.43 bits per heavy atom. The zero-order valence-corrected chi connectivity index (χ0v) is 8.04. The van der Waals surface area contributed by atoms with E-state index in [0.29, 0.717) is 6.54 Å². The second-order valence-corrected chi connectivity index (χ2v) is 3.34. The normalized spacial score (nSPS) is 43.9. The minimum Gasteiger partial charge on any atom is -0.388 e. The molecule has 1 aliphatic rings. The zero-order valence-electron chi connectivity index (χ0n) is 8.04. The molecule has 0 aromatic carbocycles. The summed E-state index contributed by atoms with van der Waals surface area (Å²) >= 11 is 0. The quantitative estimate of drug-likeness (QED) is 0.418. The standard InChI is InChI=1S/C8H17NO5/c1-4-5(10)6(11)7(12)8(14-4)13-3-2-9/h4-8,10-12H,2-3,9H2,1H3/t4-,5-,6+,7-,8-/m1/s1. The van der Waals surface area contributed by atoms with Crippen molar-refractivity contribution in [2.45, 2.75) is 37.6 Å². The molecule has 0 aromatic heterocycles. The van der Waals surface area contributed by atoms with Crippen LogP contribution in [0.4, 0.5) is 0 Å². The summed E-state index contributed by atoms with van der Waals surface area (Å²) in [4.78, 5) is 0. The first-order valence-electron chi connectivity index (χ1n) is 4.59. The number of rotatable bonds is 3. The SMILES string of the molecule is C[C@H]1O[C@@H](OCCN)[C@H](O)[C@@H](O)[C@@H]1O. The molecule has 0 radical (unpaired) electrons. The van der Waals surface area contributed by atoms with Gasteiger partial charge in [0.1, 0.15) is 18.3 Å². The average Bonchev–Trinajstić information content (AvgIpc) is 2.18. The van der Waals surface area contributed by atoms with Gasteiger partial charge in [-0.25, -0.2) is 0 Å². The topological polar surface area (TPSA) is 105 Å². The summed E-state index contributed by atoms with van der Waals surface area (Å²) in [7, 11) is 0. The van der Waals surface area contributed by atoms with Gasteiger partial charge in [0.15, 0.2) is 6.29 Å². The fourth-order valence-electron chi connectivity index (χ4n) is 1.34. The van der Waals surface area contributed by atoms with E-state index in [9.17, 15) is 15.3 Å². The minimum absolute atomic E-state index is 0.233. The van der Waals surface area contributed by atoms with Crippen molar-refractivity contribution in [3.05, 3.63) is 0 Å². The first kappa shape index (κ1) is 11.8. The number of hydrogen-bond acceptors (Lipinski definition) is 6. The first-order valence-corrected chi connectivity index (χ1v) is 4.59. The van der Waals surface area contributed by atoms with E-state index in [4.69, 9.17) is 15.2 Å². The van der Waals surface area contributed by atoms with Gasteiger partial charge in [-0.2, -0.15) is 0 Å². The zero-order chi connectivity index (χ0) is 10.7. The third kappa shape index (κ3) is 2.41. The van der Waals surface area contributed by atoms with Gasteiger partial charge in [-0.05, 0) is 6.92 Å².